The molecule has 0 saturated carbocycles. The van der Waals surface area contributed by atoms with Gasteiger partial charge in [0.25, 0.3) is 0 Å². The fourth-order valence-electron chi connectivity index (χ4n) is 2.16. The first-order chi connectivity index (χ1) is 8.76. The van der Waals surface area contributed by atoms with Gasteiger partial charge in [-0.15, -0.1) is 0 Å². The molecule has 1 aromatic heterocycles. The van der Waals surface area contributed by atoms with Crippen LogP contribution in [-0.4, -0.2) is 9.78 Å². The Morgan fingerprint density at radius 2 is 2.17 bits per heavy atom. The fourth-order valence-corrected chi connectivity index (χ4v) is 2.16. The van der Waals surface area contributed by atoms with Crippen molar-refractivity contribution in [3.8, 4) is 11.1 Å². The Labute approximate surface area is 109 Å². The van der Waals surface area contributed by atoms with E-state index in [1.54, 1.807) is 0 Å². The number of nitrogens with two attached hydrogens (primary N) is 1. The monoisotopic (exact) mass is 243 g/mol. The molecule has 0 saturated heterocycles. The van der Waals surface area contributed by atoms with E-state index >= 15 is 0 Å². The second-order valence-corrected chi connectivity index (χ2v) is 4.64. The molecule has 3 nitrogen and oxygen atoms in total. The van der Waals surface area contributed by atoms with Crippen molar-refractivity contribution in [1.82, 2.24) is 9.78 Å². The summed E-state index contributed by atoms with van der Waals surface area (Å²) in [6.45, 7) is 5.90. The van der Waals surface area contributed by atoms with E-state index in [0.29, 0.717) is 6.54 Å². The summed E-state index contributed by atoms with van der Waals surface area (Å²) in [5.41, 5.74) is 10.6. The average molecular weight is 243 g/mol. The van der Waals surface area contributed by atoms with E-state index in [1.165, 1.54) is 35.1 Å². The minimum absolute atomic E-state index is 0.587. The van der Waals surface area contributed by atoms with Crippen molar-refractivity contribution in [2.45, 2.75) is 39.8 Å². The summed E-state index contributed by atoms with van der Waals surface area (Å²) >= 11 is 0. The van der Waals surface area contributed by atoms with Crippen molar-refractivity contribution >= 4 is 0 Å². The highest BCUT2D eigenvalue weighted by Gasteiger charge is 2.07. The van der Waals surface area contributed by atoms with Crippen molar-refractivity contribution in [2.24, 2.45) is 5.73 Å². The lowest BCUT2D eigenvalue weighted by Crippen LogP contribution is -2.00. The second kappa shape index (κ2) is 5.83. The molecular formula is C15H21N3. The number of aromatic nitrogens is 2. The van der Waals surface area contributed by atoms with Gasteiger partial charge in [-0.3, -0.25) is 4.68 Å². The molecule has 0 spiro atoms. The van der Waals surface area contributed by atoms with Crippen molar-refractivity contribution in [3.05, 3.63) is 41.7 Å². The number of unbranched alkanes of at least 4 members (excludes halogenated alkanes) is 1. The normalized spacial score (nSPS) is 10.8. The molecule has 1 aromatic carbocycles. The Kier molecular flexibility index (Phi) is 4.15. The predicted molar refractivity (Wildman–Crippen MR) is 75.2 cm³/mol. The fraction of sp³-hybridized carbons (Fsp3) is 0.400. The van der Waals surface area contributed by atoms with Gasteiger partial charge in [0, 0.05) is 24.8 Å². The maximum Gasteiger partial charge on any atom is 0.0568 e. The zero-order chi connectivity index (χ0) is 13.0. The quantitative estimate of drug-likeness (QED) is 0.876. The molecule has 2 N–H and O–H groups in total. The Bertz CT molecular complexity index is 514. The Hall–Kier alpha value is -1.61. The molecule has 0 aliphatic carbocycles. The van der Waals surface area contributed by atoms with Crippen LogP contribution in [-0.2, 0) is 13.1 Å². The number of hydrogen-bond donors (Lipinski definition) is 1. The van der Waals surface area contributed by atoms with E-state index < -0.39 is 0 Å². The summed E-state index contributed by atoms with van der Waals surface area (Å²) in [6, 6.07) is 6.28. The van der Waals surface area contributed by atoms with Gasteiger partial charge in [0.05, 0.1) is 6.20 Å². The van der Waals surface area contributed by atoms with Crippen LogP contribution < -0.4 is 5.73 Å². The summed E-state index contributed by atoms with van der Waals surface area (Å²) in [5, 5.41) is 4.41. The molecule has 1 heterocycles. The highest BCUT2D eigenvalue weighted by molar-refractivity contribution is 5.67. The molecule has 2 rings (SSSR count). The molecule has 18 heavy (non-hydrogen) atoms. The number of rotatable bonds is 5. The van der Waals surface area contributed by atoms with Crippen LogP contribution >= 0.6 is 0 Å². The largest absolute Gasteiger partial charge is 0.326 e. The molecular weight excluding hydrogens is 222 g/mol. The van der Waals surface area contributed by atoms with Gasteiger partial charge in [-0.2, -0.15) is 5.10 Å². The summed E-state index contributed by atoms with van der Waals surface area (Å²) in [5.74, 6) is 0. The van der Waals surface area contributed by atoms with E-state index in [1.807, 2.05) is 10.9 Å². The van der Waals surface area contributed by atoms with Gasteiger partial charge in [0.1, 0.15) is 0 Å². The van der Waals surface area contributed by atoms with Crippen LogP contribution in [0.15, 0.2) is 30.6 Å². The number of hydrogen-bond acceptors (Lipinski definition) is 2. The second-order valence-electron chi connectivity index (χ2n) is 4.64. The molecule has 0 unspecified atom stereocenters. The first kappa shape index (κ1) is 12.8. The zero-order valence-electron chi connectivity index (χ0n) is 11.2. The maximum atomic E-state index is 5.75. The molecule has 0 amide bonds. The number of benzene rings is 1. The molecule has 96 valence electrons. The summed E-state index contributed by atoms with van der Waals surface area (Å²) in [7, 11) is 0. The van der Waals surface area contributed by atoms with Gasteiger partial charge < -0.3 is 5.73 Å². The standard InChI is InChI=1S/C15H21N3/c1-3-4-8-18-11-14(10-17-18)15-7-5-6-13(9-16)12(15)2/h5-7,10-11H,3-4,8-9,16H2,1-2H3. The SMILES string of the molecule is CCCCn1cc(-c2cccc(CN)c2C)cn1. The third-order valence-corrected chi connectivity index (χ3v) is 3.35. The molecule has 3 heteroatoms. The molecule has 0 bridgehead atoms. The Morgan fingerprint density at radius 3 is 2.89 bits per heavy atom. The first-order valence-corrected chi connectivity index (χ1v) is 6.57. The van der Waals surface area contributed by atoms with E-state index in [-0.39, 0.29) is 0 Å². The van der Waals surface area contributed by atoms with E-state index in [4.69, 9.17) is 5.73 Å². The lowest BCUT2D eigenvalue weighted by atomic mass is 9.99. The lowest BCUT2D eigenvalue weighted by molar-refractivity contribution is 0.572. The summed E-state index contributed by atoms with van der Waals surface area (Å²) < 4.78 is 2.02. The van der Waals surface area contributed by atoms with Gasteiger partial charge >= 0.3 is 0 Å². The van der Waals surface area contributed by atoms with Gasteiger partial charge in [0.15, 0.2) is 0 Å². The Morgan fingerprint density at radius 1 is 1.33 bits per heavy atom. The summed E-state index contributed by atoms with van der Waals surface area (Å²) in [4.78, 5) is 0. The average Bonchev–Trinajstić information content (AvgIpc) is 2.85. The topological polar surface area (TPSA) is 43.8 Å². The van der Waals surface area contributed by atoms with E-state index in [9.17, 15) is 0 Å². The molecule has 0 radical (unpaired) electrons. The highest BCUT2D eigenvalue weighted by atomic mass is 15.3. The third kappa shape index (κ3) is 2.62. The van der Waals surface area contributed by atoms with Gasteiger partial charge in [-0.05, 0) is 30.0 Å². The van der Waals surface area contributed by atoms with E-state index in [0.717, 1.165) is 6.54 Å². The van der Waals surface area contributed by atoms with Crippen LogP contribution in [0.1, 0.15) is 30.9 Å². The molecule has 0 fully saturated rings. The van der Waals surface area contributed by atoms with Crippen LogP contribution in [0.3, 0.4) is 0 Å². The van der Waals surface area contributed by atoms with Crippen LogP contribution in [0.25, 0.3) is 11.1 Å². The third-order valence-electron chi connectivity index (χ3n) is 3.35. The van der Waals surface area contributed by atoms with Gasteiger partial charge in [-0.25, -0.2) is 0 Å². The van der Waals surface area contributed by atoms with Crippen molar-refractivity contribution in [2.75, 3.05) is 0 Å². The van der Waals surface area contributed by atoms with Crippen LogP contribution in [0.4, 0.5) is 0 Å². The summed E-state index contributed by atoms with van der Waals surface area (Å²) in [6.07, 6.45) is 6.43. The number of nitrogens with zero attached hydrogens (tertiary/aromatic N) is 2. The van der Waals surface area contributed by atoms with Crippen molar-refractivity contribution < 1.29 is 0 Å². The predicted octanol–water partition coefficient (Wildman–Crippen LogP) is 3.12. The van der Waals surface area contributed by atoms with Crippen LogP contribution in [0.2, 0.25) is 0 Å². The zero-order valence-corrected chi connectivity index (χ0v) is 11.2. The smallest absolute Gasteiger partial charge is 0.0568 e. The van der Waals surface area contributed by atoms with E-state index in [2.05, 4.69) is 43.3 Å². The van der Waals surface area contributed by atoms with Gasteiger partial charge in [0.2, 0.25) is 0 Å². The first-order valence-electron chi connectivity index (χ1n) is 6.57. The molecule has 0 aliphatic rings. The number of aryl methyl sites for hydroxylation is 1. The minimum Gasteiger partial charge on any atom is -0.326 e. The molecule has 0 aliphatic heterocycles. The molecule has 2 aromatic rings. The highest BCUT2D eigenvalue weighted by Crippen LogP contribution is 2.25. The molecule has 0 atom stereocenters. The lowest BCUT2D eigenvalue weighted by Gasteiger charge is -2.08. The van der Waals surface area contributed by atoms with Crippen LogP contribution in [0.5, 0.6) is 0 Å². The van der Waals surface area contributed by atoms with Crippen LogP contribution in [0, 0.1) is 6.92 Å². The van der Waals surface area contributed by atoms with Crippen molar-refractivity contribution in [3.63, 3.8) is 0 Å². The minimum atomic E-state index is 0.587. The van der Waals surface area contributed by atoms with Gasteiger partial charge in [-0.1, -0.05) is 31.5 Å². The maximum absolute atomic E-state index is 5.75. The Balaban J connectivity index is 2.28. The van der Waals surface area contributed by atoms with Crippen molar-refractivity contribution in [1.29, 1.82) is 0 Å².